The second kappa shape index (κ2) is 7.00. The largest absolute Gasteiger partial charge is 0.486 e. The van der Waals surface area contributed by atoms with Crippen LogP contribution in [0.2, 0.25) is 0 Å². The van der Waals surface area contributed by atoms with E-state index in [-0.39, 0.29) is 0 Å². The van der Waals surface area contributed by atoms with Crippen LogP contribution < -0.4 is 9.64 Å². The predicted octanol–water partition coefficient (Wildman–Crippen LogP) is 4.11. The molecule has 4 aromatic rings. The van der Waals surface area contributed by atoms with Gasteiger partial charge >= 0.3 is 0 Å². The van der Waals surface area contributed by atoms with Crippen LogP contribution in [0.5, 0.6) is 5.75 Å². The first kappa shape index (κ1) is 17.5. The SMILES string of the molecule is Cc1ccc(OCc2nn3c(-c4ccc(N(C)C)cc4)nnc3s2)cc1C. The number of hydrogen-bond acceptors (Lipinski definition) is 6. The summed E-state index contributed by atoms with van der Waals surface area (Å²) < 4.78 is 7.68. The molecule has 138 valence electrons. The molecule has 0 aliphatic rings. The molecule has 0 unspecified atom stereocenters. The molecular formula is C20H21N5OS. The molecule has 0 saturated carbocycles. The highest BCUT2D eigenvalue weighted by molar-refractivity contribution is 7.16. The fourth-order valence-corrected chi connectivity index (χ4v) is 3.50. The second-order valence-electron chi connectivity index (χ2n) is 6.69. The van der Waals surface area contributed by atoms with Crippen molar-refractivity contribution in [2.45, 2.75) is 20.5 Å². The highest BCUT2D eigenvalue weighted by Gasteiger charge is 2.14. The Morgan fingerprint density at radius 2 is 1.78 bits per heavy atom. The molecule has 0 N–H and O–H groups in total. The maximum Gasteiger partial charge on any atom is 0.235 e. The first-order valence-corrected chi connectivity index (χ1v) is 9.52. The molecule has 0 atom stereocenters. The second-order valence-corrected chi connectivity index (χ2v) is 7.73. The Hall–Kier alpha value is -2.93. The summed E-state index contributed by atoms with van der Waals surface area (Å²) >= 11 is 1.49. The third-order valence-corrected chi connectivity index (χ3v) is 5.39. The number of fused-ring (bicyclic) bond motifs is 1. The molecule has 0 bridgehead atoms. The quantitative estimate of drug-likeness (QED) is 0.522. The van der Waals surface area contributed by atoms with Gasteiger partial charge in [-0.15, -0.1) is 10.2 Å². The van der Waals surface area contributed by atoms with E-state index in [4.69, 9.17) is 4.74 Å². The van der Waals surface area contributed by atoms with Crippen LogP contribution in [0.3, 0.4) is 0 Å². The summed E-state index contributed by atoms with van der Waals surface area (Å²) in [6.07, 6.45) is 0. The van der Waals surface area contributed by atoms with Crippen LogP contribution in [0.25, 0.3) is 16.3 Å². The molecule has 6 nitrogen and oxygen atoms in total. The Kier molecular flexibility index (Phi) is 4.53. The maximum absolute atomic E-state index is 5.90. The Balaban J connectivity index is 1.55. The lowest BCUT2D eigenvalue weighted by atomic mass is 10.1. The smallest absolute Gasteiger partial charge is 0.235 e. The zero-order valence-electron chi connectivity index (χ0n) is 15.8. The topological polar surface area (TPSA) is 55.6 Å². The molecule has 0 aliphatic carbocycles. The van der Waals surface area contributed by atoms with Gasteiger partial charge in [0.1, 0.15) is 12.4 Å². The summed E-state index contributed by atoms with van der Waals surface area (Å²) in [5, 5.41) is 14.0. The highest BCUT2D eigenvalue weighted by Crippen LogP contribution is 2.25. The third kappa shape index (κ3) is 3.50. The summed E-state index contributed by atoms with van der Waals surface area (Å²) in [6, 6.07) is 14.3. The average Bonchev–Trinajstić information content (AvgIpc) is 3.23. The number of aryl methyl sites for hydroxylation is 2. The van der Waals surface area contributed by atoms with E-state index in [0.717, 1.165) is 32.8 Å². The van der Waals surface area contributed by atoms with Crippen LogP contribution in [0.15, 0.2) is 42.5 Å². The van der Waals surface area contributed by atoms with E-state index >= 15 is 0 Å². The van der Waals surface area contributed by atoms with Gasteiger partial charge in [0.15, 0.2) is 10.8 Å². The van der Waals surface area contributed by atoms with Gasteiger partial charge in [-0.3, -0.25) is 0 Å². The van der Waals surface area contributed by atoms with E-state index in [1.807, 2.05) is 38.4 Å². The first-order valence-electron chi connectivity index (χ1n) is 8.70. The number of ether oxygens (including phenoxy) is 1. The van der Waals surface area contributed by atoms with Crippen LogP contribution in [0, 0.1) is 13.8 Å². The van der Waals surface area contributed by atoms with Crippen molar-refractivity contribution in [3.05, 3.63) is 58.6 Å². The standard InChI is InChI=1S/C20H21N5OS/c1-13-5-10-17(11-14(13)2)26-12-18-23-25-19(21-22-20(25)27-18)15-6-8-16(9-7-15)24(3)4/h5-11H,12H2,1-4H3. The van der Waals surface area contributed by atoms with Crippen molar-refractivity contribution in [1.82, 2.24) is 19.8 Å². The number of anilines is 1. The molecule has 0 amide bonds. The molecule has 0 radical (unpaired) electrons. The van der Waals surface area contributed by atoms with Gasteiger partial charge in [-0.1, -0.05) is 17.4 Å². The minimum Gasteiger partial charge on any atom is -0.486 e. The van der Waals surface area contributed by atoms with Crippen LogP contribution >= 0.6 is 11.3 Å². The summed E-state index contributed by atoms with van der Waals surface area (Å²) in [5.74, 6) is 1.59. The Bertz CT molecular complexity index is 1080. The Labute approximate surface area is 162 Å². The van der Waals surface area contributed by atoms with Crippen LogP contribution in [0.1, 0.15) is 16.1 Å². The van der Waals surface area contributed by atoms with E-state index < -0.39 is 0 Å². The van der Waals surface area contributed by atoms with Gasteiger partial charge in [-0.25, -0.2) is 0 Å². The summed E-state index contributed by atoms with van der Waals surface area (Å²) in [4.78, 5) is 2.83. The fourth-order valence-electron chi connectivity index (χ4n) is 2.75. The van der Waals surface area contributed by atoms with Crippen molar-refractivity contribution in [1.29, 1.82) is 0 Å². The zero-order valence-corrected chi connectivity index (χ0v) is 16.6. The molecule has 0 aliphatic heterocycles. The Morgan fingerprint density at radius 3 is 2.48 bits per heavy atom. The molecule has 2 aromatic heterocycles. The molecule has 2 aromatic carbocycles. The number of aromatic nitrogens is 4. The van der Waals surface area contributed by atoms with Crippen LogP contribution in [-0.4, -0.2) is 33.9 Å². The monoisotopic (exact) mass is 379 g/mol. The van der Waals surface area contributed by atoms with E-state index in [0.29, 0.717) is 6.61 Å². The Morgan fingerprint density at radius 1 is 1.00 bits per heavy atom. The van der Waals surface area contributed by atoms with Crippen molar-refractivity contribution in [3.63, 3.8) is 0 Å². The summed E-state index contributed by atoms with van der Waals surface area (Å²) in [6.45, 7) is 4.59. The predicted molar refractivity (Wildman–Crippen MR) is 109 cm³/mol. The zero-order chi connectivity index (χ0) is 19.0. The van der Waals surface area contributed by atoms with Crippen LogP contribution in [0.4, 0.5) is 5.69 Å². The molecule has 7 heteroatoms. The lowest BCUT2D eigenvalue weighted by Crippen LogP contribution is -2.08. The average molecular weight is 379 g/mol. The summed E-state index contributed by atoms with van der Waals surface area (Å²) in [5.41, 5.74) is 4.60. The molecule has 27 heavy (non-hydrogen) atoms. The molecule has 0 spiro atoms. The van der Waals surface area contributed by atoms with Crippen molar-refractivity contribution < 1.29 is 4.74 Å². The number of hydrogen-bond donors (Lipinski definition) is 0. The van der Waals surface area contributed by atoms with E-state index in [2.05, 4.69) is 52.2 Å². The van der Waals surface area contributed by atoms with Crippen molar-refractivity contribution >= 4 is 22.0 Å². The van der Waals surface area contributed by atoms with E-state index in [1.165, 1.54) is 22.5 Å². The molecular weight excluding hydrogens is 358 g/mol. The van der Waals surface area contributed by atoms with Gasteiger partial charge in [0, 0.05) is 25.3 Å². The normalized spacial score (nSPS) is 11.1. The summed E-state index contributed by atoms with van der Waals surface area (Å²) in [7, 11) is 4.04. The van der Waals surface area contributed by atoms with Gasteiger partial charge < -0.3 is 9.64 Å². The van der Waals surface area contributed by atoms with Crippen molar-refractivity contribution in [2.75, 3.05) is 19.0 Å². The number of rotatable bonds is 5. The van der Waals surface area contributed by atoms with E-state index in [9.17, 15) is 0 Å². The van der Waals surface area contributed by atoms with Crippen molar-refractivity contribution in [2.24, 2.45) is 0 Å². The first-order chi connectivity index (χ1) is 13.0. The molecule has 2 heterocycles. The van der Waals surface area contributed by atoms with Gasteiger partial charge in [0.2, 0.25) is 4.96 Å². The van der Waals surface area contributed by atoms with Crippen molar-refractivity contribution in [3.8, 4) is 17.1 Å². The molecule has 4 rings (SSSR count). The number of nitrogens with zero attached hydrogens (tertiary/aromatic N) is 5. The molecule has 0 saturated heterocycles. The van der Waals surface area contributed by atoms with Gasteiger partial charge in [0.05, 0.1) is 0 Å². The highest BCUT2D eigenvalue weighted by atomic mass is 32.1. The molecule has 0 fully saturated rings. The fraction of sp³-hybridized carbons (Fsp3) is 0.250. The van der Waals surface area contributed by atoms with E-state index in [1.54, 1.807) is 4.52 Å². The number of benzene rings is 2. The lowest BCUT2D eigenvalue weighted by Gasteiger charge is -2.12. The van der Waals surface area contributed by atoms with Gasteiger partial charge in [0.25, 0.3) is 0 Å². The van der Waals surface area contributed by atoms with Crippen LogP contribution in [-0.2, 0) is 6.61 Å². The van der Waals surface area contributed by atoms with Gasteiger partial charge in [-0.2, -0.15) is 9.61 Å². The maximum atomic E-state index is 5.90. The minimum atomic E-state index is 0.412. The lowest BCUT2D eigenvalue weighted by molar-refractivity contribution is 0.304. The minimum absolute atomic E-state index is 0.412. The third-order valence-electron chi connectivity index (χ3n) is 4.52. The van der Waals surface area contributed by atoms with Gasteiger partial charge in [-0.05, 0) is 61.4 Å².